The van der Waals surface area contributed by atoms with E-state index < -0.39 is 11.6 Å². The minimum atomic E-state index is -0.596. The summed E-state index contributed by atoms with van der Waals surface area (Å²) in [5, 5.41) is 11.0. The molecule has 0 amide bonds. The number of anilines is 3. The molecule has 1 aliphatic carbocycles. The Morgan fingerprint density at radius 1 is 1.08 bits per heavy atom. The van der Waals surface area contributed by atoms with E-state index >= 15 is 0 Å². The molecule has 36 heavy (non-hydrogen) atoms. The third-order valence-electron chi connectivity index (χ3n) is 6.35. The molecule has 4 aromatic rings. The lowest BCUT2D eigenvalue weighted by atomic mass is 9.96. The van der Waals surface area contributed by atoms with E-state index in [1.54, 1.807) is 11.0 Å². The molecule has 8 nitrogen and oxygen atoms in total. The first kappa shape index (κ1) is 22.1. The van der Waals surface area contributed by atoms with Gasteiger partial charge in [0.1, 0.15) is 47.6 Å². The van der Waals surface area contributed by atoms with Crippen LogP contribution in [-0.2, 0) is 6.42 Å². The Bertz CT molecular complexity index is 1480. The van der Waals surface area contributed by atoms with Crippen molar-refractivity contribution >= 4 is 17.5 Å². The normalized spacial score (nSPS) is 17.5. The third-order valence-corrected chi connectivity index (χ3v) is 6.35. The number of fused-ring (bicyclic) bond motifs is 6. The molecule has 3 heterocycles. The maximum Gasteiger partial charge on any atom is 0.229 e. The van der Waals surface area contributed by atoms with Crippen molar-refractivity contribution in [2.45, 2.75) is 25.7 Å². The third kappa shape index (κ3) is 4.15. The fourth-order valence-corrected chi connectivity index (χ4v) is 4.68. The number of nitrogens with one attached hydrogen (secondary N) is 2. The zero-order valence-electron chi connectivity index (χ0n) is 19.5. The summed E-state index contributed by atoms with van der Waals surface area (Å²) in [6, 6.07) is 9.35. The van der Waals surface area contributed by atoms with Gasteiger partial charge in [-0.2, -0.15) is 10.1 Å². The molecule has 0 spiro atoms. The summed E-state index contributed by atoms with van der Waals surface area (Å²) in [6.45, 7) is 2.74. The maximum atomic E-state index is 14.7. The quantitative estimate of drug-likeness (QED) is 0.392. The van der Waals surface area contributed by atoms with Crippen molar-refractivity contribution in [1.82, 2.24) is 24.7 Å². The molecule has 1 unspecified atom stereocenters. The monoisotopic (exact) mass is 487 g/mol. The van der Waals surface area contributed by atoms with E-state index in [0.29, 0.717) is 54.9 Å². The highest BCUT2D eigenvalue weighted by Gasteiger charge is 2.31. The van der Waals surface area contributed by atoms with Gasteiger partial charge in [0.05, 0.1) is 5.69 Å². The molecule has 0 saturated heterocycles. The van der Waals surface area contributed by atoms with Gasteiger partial charge in [-0.15, -0.1) is 0 Å². The summed E-state index contributed by atoms with van der Waals surface area (Å²) < 4.78 is 35.9. The van der Waals surface area contributed by atoms with Crippen LogP contribution in [0.2, 0.25) is 0 Å². The second kappa shape index (κ2) is 9.03. The number of aryl methyl sites for hydroxylation is 1. The van der Waals surface area contributed by atoms with Crippen LogP contribution < -0.4 is 15.4 Å². The van der Waals surface area contributed by atoms with Gasteiger partial charge in [-0.25, -0.2) is 23.4 Å². The number of aromatic nitrogens is 5. The highest BCUT2D eigenvalue weighted by Crippen LogP contribution is 2.41. The Kier molecular flexibility index (Phi) is 5.55. The lowest BCUT2D eigenvalue weighted by Gasteiger charge is -2.16. The number of halogens is 2. The van der Waals surface area contributed by atoms with E-state index in [1.807, 2.05) is 37.3 Å². The fourth-order valence-electron chi connectivity index (χ4n) is 4.68. The molecule has 0 radical (unpaired) electrons. The second-order valence-corrected chi connectivity index (χ2v) is 8.72. The fraction of sp³-hybridized carbons (Fsp3) is 0.231. The highest BCUT2D eigenvalue weighted by atomic mass is 19.1. The van der Waals surface area contributed by atoms with Crippen LogP contribution in [0.25, 0.3) is 5.69 Å². The van der Waals surface area contributed by atoms with Gasteiger partial charge < -0.3 is 15.4 Å². The molecule has 2 N–H and O–H groups in total. The van der Waals surface area contributed by atoms with Gasteiger partial charge in [0, 0.05) is 35.8 Å². The van der Waals surface area contributed by atoms with Crippen LogP contribution in [-0.4, -0.2) is 37.9 Å². The highest BCUT2D eigenvalue weighted by molar-refractivity contribution is 5.64. The van der Waals surface area contributed by atoms with Crippen LogP contribution in [0.1, 0.15) is 35.0 Å². The number of nitrogens with zero attached hydrogens (tertiary/aromatic N) is 5. The number of ether oxygens (including phenoxy) is 1. The predicted molar refractivity (Wildman–Crippen MR) is 131 cm³/mol. The average molecular weight is 488 g/mol. The van der Waals surface area contributed by atoms with Crippen molar-refractivity contribution in [3.63, 3.8) is 0 Å². The number of hydrogen-bond donors (Lipinski definition) is 2. The van der Waals surface area contributed by atoms with E-state index in [9.17, 15) is 8.78 Å². The molecule has 2 aromatic carbocycles. The summed E-state index contributed by atoms with van der Waals surface area (Å²) in [5.41, 5.74) is 3.61. The Balaban J connectivity index is 1.41. The molecule has 2 aliphatic rings. The van der Waals surface area contributed by atoms with Gasteiger partial charge in [0.25, 0.3) is 0 Å². The molecule has 2 aromatic heterocycles. The second-order valence-electron chi connectivity index (χ2n) is 8.72. The SMILES string of the molecule is Cc1ncn(-c2ccc3cc2OC/C=C\CNc2nc(nc4c2CCC4c2ccc(F)cc2F)N3)n1. The minimum absolute atomic E-state index is 0.284. The molecule has 0 saturated carbocycles. The van der Waals surface area contributed by atoms with Crippen LogP contribution >= 0.6 is 0 Å². The van der Waals surface area contributed by atoms with Crippen molar-refractivity contribution in [1.29, 1.82) is 0 Å². The molecule has 1 aliphatic heterocycles. The maximum absolute atomic E-state index is 14.7. The Morgan fingerprint density at radius 3 is 2.83 bits per heavy atom. The van der Waals surface area contributed by atoms with Gasteiger partial charge in [-0.05, 0) is 49.6 Å². The number of rotatable bonds is 2. The predicted octanol–water partition coefficient (Wildman–Crippen LogP) is 4.83. The molecular formula is C26H23F2N7O. The lowest BCUT2D eigenvalue weighted by Crippen LogP contribution is -2.10. The van der Waals surface area contributed by atoms with Gasteiger partial charge in [-0.1, -0.05) is 12.1 Å². The first-order valence-corrected chi connectivity index (χ1v) is 11.7. The van der Waals surface area contributed by atoms with Crippen molar-refractivity contribution < 1.29 is 13.5 Å². The van der Waals surface area contributed by atoms with Crippen molar-refractivity contribution in [3.05, 3.63) is 89.2 Å². The average Bonchev–Trinajstić information content (AvgIpc) is 3.47. The Labute approximate surface area is 206 Å². The molecular weight excluding hydrogens is 464 g/mol. The number of hydrogen-bond acceptors (Lipinski definition) is 7. The van der Waals surface area contributed by atoms with Crippen LogP contribution in [0.15, 0.2) is 54.9 Å². The zero-order valence-corrected chi connectivity index (χ0v) is 19.5. The smallest absolute Gasteiger partial charge is 0.229 e. The van der Waals surface area contributed by atoms with Crippen LogP contribution in [0.3, 0.4) is 0 Å². The number of benzene rings is 2. The molecule has 0 fully saturated rings. The molecule has 182 valence electrons. The first-order valence-electron chi connectivity index (χ1n) is 11.7. The Hall–Kier alpha value is -4.34. The Morgan fingerprint density at radius 2 is 2.00 bits per heavy atom. The van der Waals surface area contributed by atoms with Gasteiger partial charge >= 0.3 is 0 Å². The van der Waals surface area contributed by atoms with E-state index in [-0.39, 0.29) is 5.92 Å². The minimum Gasteiger partial charge on any atom is -0.487 e. The zero-order chi connectivity index (χ0) is 24.6. The summed E-state index contributed by atoms with van der Waals surface area (Å²) in [7, 11) is 0. The standard InChI is InChI=1S/C26H23F2N7O/c1-15-30-14-35(34-15)22-9-5-17-13-23(22)36-11-3-2-10-29-25-20-8-7-19(24(20)32-26(31-17)33-25)18-6-4-16(27)12-21(18)28/h2-6,9,12-14,19H,7-8,10-11H2,1H3,(H2,29,31,32,33)/b3-2-. The first-order chi connectivity index (χ1) is 17.5. The van der Waals surface area contributed by atoms with Crippen molar-refractivity contribution in [3.8, 4) is 11.4 Å². The topological polar surface area (TPSA) is 89.8 Å². The van der Waals surface area contributed by atoms with Gasteiger partial charge in [0.2, 0.25) is 5.95 Å². The van der Waals surface area contributed by atoms with Crippen LogP contribution in [0, 0.1) is 18.6 Å². The van der Waals surface area contributed by atoms with Crippen molar-refractivity contribution in [2.75, 3.05) is 23.8 Å². The summed E-state index contributed by atoms with van der Waals surface area (Å²) >= 11 is 0. The van der Waals surface area contributed by atoms with Gasteiger partial charge in [0.15, 0.2) is 0 Å². The summed E-state index contributed by atoms with van der Waals surface area (Å²) in [6.07, 6.45) is 6.91. The molecule has 4 bridgehead atoms. The molecule has 10 heteroatoms. The summed E-state index contributed by atoms with van der Waals surface area (Å²) in [4.78, 5) is 13.7. The van der Waals surface area contributed by atoms with Crippen molar-refractivity contribution in [2.24, 2.45) is 0 Å². The molecule has 1 atom stereocenters. The van der Waals surface area contributed by atoms with E-state index in [4.69, 9.17) is 14.7 Å². The van der Waals surface area contributed by atoms with Crippen LogP contribution in [0.4, 0.5) is 26.2 Å². The van der Waals surface area contributed by atoms with E-state index in [1.165, 1.54) is 12.1 Å². The summed E-state index contributed by atoms with van der Waals surface area (Å²) in [5.74, 6) is 0.914. The van der Waals surface area contributed by atoms with E-state index in [2.05, 4.69) is 20.7 Å². The van der Waals surface area contributed by atoms with E-state index in [0.717, 1.165) is 28.7 Å². The van der Waals surface area contributed by atoms with Gasteiger partial charge in [-0.3, -0.25) is 0 Å². The van der Waals surface area contributed by atoms with Crippen LogP contribution in [0.5, 0.6) is 5.75 Å². The lowest BCUT2D eigenvalue weighted by molar-refractivity contribution is 0.360. The largest absolute Gasteiger partial charge is 0.487 e. The molecule has 6 rings (SSSR count).